The minimum absolute atomic E-state index is 0.0477. The molecule has 0 amide bonds. The van der Waals surface area contributed by atoms with Gasteiger partial charge in [-0.15, -0.1) is 0 Å². The van der Waals surface area contributed by atoms with Crippen LogP contribution in [0.5, 0.6) is 23.0 Å². The second kappa shape index (κ2) is 6.48. The minimum atomic E-state index is 0.0477. The number of nitrogens with one attached hydrogen (secondary N) is 1. The first-order valence-electron chi connectivity index (χ1n) is 8.69. The van der Waals surface area contributed by atoms with E-state index in [1.807, 2.05) is 31.2 Å². The Hall–Kier alpha value is -2.40. The summed E-state index contributed by atoms with van der Waals surface area (Å²) in [5, 5.41) is 3.71. The largest absolute Gasteiger partial charge is 0.497 e. The second-order valence-electron chi connectivity index (χ2n) is 6.41. The van der Waals surface area contributed by atoms with E-state index in [4.69, 9.17) is 18.9 Å². The molecule has 0 spiro atoms. The Bertz CT molecular complexity index is 753. The molecule has 5 heteroatoms. The van der Waals surface area contributed by atoms with Crippen LogP contribution in [0, 0.1) is 0 Å². The maximum absolute atomic E-state index is 5.79. The lowest BCUT2D eigenvalue weighted by Crippen LogP contribution is -2.28. The molecule has 2 aliphatic rings. The number of rotatable bonds is 7. The Morgan fingerprint density at radius 3 is 2.44 bits per heavy atom. The van der Waals surface area contributed by atoms with Crippen LogP contribution in [0.15, 0.2) is 36.4 Å². The Balaban J connectivity index is 1.52. The van der Waals surface area contributed by atoms with Gasteiger partial charge < -0.3 is 24.3 Å². The molecule has 1 heterocycles. The lowest BCUT2D eigenvalue weighted by atomic mass is 10.0. The fourth-order valence-corrected chi connectivity index (χ4v) is 3.26. The van der Waals surface area contributed by atoms with Gasteiger partial charge in [-0.2, -0.15) is 0 Å². The lowest BCUT2D eigenvalue weighted by Gasteiger charge is -2.20. The highest BCUT2D eigenvalue weighted by Crippen LogP contribution is 2.46. The van der Waals surface area contributed by atoms with Crippen molar-refractivity contribution in [3.05, 3.63) is 47.5 Å². The van der Waals surface area contributed by atoms with Gasteiger partial charge in [0.05, 0.1) is 13.7 Å². The molecule has 0 unspecified atom stereocenters. The summed E-state index contributed by atoms with van der Waals surface area (Å²) in [6.45, 7) is 3.60. The zero-order valence-corrected chi connectivity index (χ0v) is 14.6. The molecule has 1 saturated carbocycles. The third-order valence-corrected chi connectivity index (χ3v) is 4.87. The quantitative estimate of drug-likeness (QED) is 0.834. The third kappa shape index (κ3) is 3.12. The van der Waals surface area contributed by atoms with Crippen LogP contribution >= 0.6 is 0 Å². The predicted octanol–water partition coefficient (Wildman–Crippen LogP) is 3.60. The predicted molar refractivity (Wildman–Crippen MR) is 94.5 cm³/mol. The van der Waals surface area contributed by atoms with Crippen molar-refractivity contribution in [2.45, 2.75) is 31.8 Å². The van der Waals surface area contributed by atoms with Crippen LogP contribution in [0.4, 0.5) is 0 Å². The maximum Gasteiger partial charge on any atom is 0.231 e. The molecule has 0 aromatic heterocycles. The highest BCUT2D eigenvalue weighted by molar-refractivity contribution is 5.52. The molecular weight excluding hydrogens is 318 g/mol. The molecule has 2 aromatic carbocycles. The smallest absolute Gasteiger partial charge is 0.231 e. The highest BCUT2D eigenvalue weighted by Gasteiger charge is 2.43. The molecule has 25 heavy (non-hydrogen) atoms. The van der Waals surface area contributed by atoms with Gasteiger partial charge in [0.2, 0.25) is 6.79 Å². The van der Waals surface area contributed by atoms with Gasteiger partial charge >= 0.3 is 0 Å². The van der Waals surface area contributed by atoms with Crippen molar-refractivity contribution in [1.29, 1.82) is 0 Å². The summed E-state index contributed by atoms with van der Waals surface area (Å²) < 4.78 is 22.0. The number of ether oxygens (including phenoxy) is 4. The van der Waals surface area contributed by atoms with Gasteiger partial charge in [-0.1, -0.05) is 12.1 Å². The van der Waals surface area contributed by atoms with Gasteiger partial charge in [0.25, 0.3) is 0 Å². The summed E-state index contributed by atoms with van der Waals surface area (Å²) in [4.78, 5) is 0. The molecule has 4 rings (SSSR count). The normalized spacial score (nSPS) is 16.6. The van der Waals surface area contributed by atoms with Crippen LogP contribution < -0.4 is 24.3 Å². The zero-order chi connectivity index (χ0) is 17.3. The van der Waals surface area contributed by atoms with E-state index >= 15 is 0 Å². The van der Waals surface area contributed by atoms with Crippen molar-refractivity contribution in [2.24, 2.45) is 0 Å². The van der Waals surface area contributed by atoms with Crippen LogP contribution in [0.3, 0.4) is 0 Å². The van der Waals surface area contributed by atoms with Crippen LogP contribution in [0.2, 0.25) is 0 Å². The van der Waals surface area contributed by atoms with Crippen LogP contribution in [0.1, 0.15) is 30.9 Å². The number of fused-ring (bicyclic) bond motifs is 1. The average molecular weight is 341 g/mol. The monoisotopic (exact) mass is 341 g/mol. The first-order chi connectivity index (χ1) is 12.2. The first kappa shape index (κ1) is 16.1. The Morgan fingerprint density at radius 2 is 1.80 bits per heavy atom. The van der Waals surface area contributed by atoms with E-state index in [-0.39, 0.29) is 12.3 Å². The van der Waals surface area contributed by atoms with Gasteiger partial charge in [-0.25, -0.2) is 0 Å². The molecule has 0 saturated heterocycles. The Labute approximate surface area is 147 Å². The minimum Gasteiger partial charge on any atom is -0.497 e. The van der Waals surface area contributed by atoms with E-state index in [0.29, 0.717) is 6.61 Å². The number of hydrogen-bond donors (Lipinski definition) is 1. The molecule has 2 aromatic rings. The molecule has 1 N–H and O–H groups in total. The van der Waals surface area contributed by atoms with Crippen molar-refractivity contribution in [2.75, 3.05) is 20.5 Å². The lowest BCUT2D eigenvalue weighted by molar-refractivity contribution is 0.173. The Kier molecular flexibility index (Phi) is 4.17. The third-order valence-electron chi connectivity index (χ3n) is 4.87. The second-order valence-corrected chi connectivity index (χ2v) is 6.41. The molecule has 0 atom stereocenters. The average Bonchev–Trinajstić information content (AvgIpc) is 3.30. The highest BCUT2D eigenvalue weighted by atomic mass is 16.7. The number of methoxy groups -OCH3 is 1. The van der Waals surface area contributed by atoms with E-state index in [0.717, 1.165) is 47.9 Å². The molecule has 1 fully saturated rings. The van der Waals surface area contributed by atoms with Gasteiger partial charge in [0.1, 0.15) is 11.5 Å². The van der Waals surface area contributed by atoms with E-state index < -0.39 is 0 Å². The van der Waals surface area contributed by atoms with Crippen molar-refractivity contribution in [1.82, 2.24) is 5.32 Å². The van der Waals surface area contributed by atoms with Gasteiger partial charge in [0.15, 0.2) is 11.5 Å². The number of benzene rings is 2. The van der Waals surface area contributed by atoms with E-state index in [9.17, 15) is 0 Å². The van der Waals surface area contributed by atoms with Gasteiger partial charge in [0, 0.05) is 23.7 Å². The van der Waals surface area contributed by atoms with Crippen molar-refractivity contribution >= 4 is 0 Å². The summed E-state index contributed by atoms with van der Waals surface area (Å²) in [7, 11) is 1.69. The molecule has 5 nitrogen and oxygen atoms in total. The van der Waals surface area contributed by atoms with E-state index in [1.165, 1.54) is 5.56 Å². The standard InChI is InChI=1S/C20H23NO4/c1-3-23-17-11-19-18(24-13-25-19)10-14(17)12-21-20(8-9-20)15-4-6-16(22-2)7-5-15/h4-7,10-11,21H,3,8-9,12-13H2,1-2H3. The first-order valence-corrected chi connectivity index (χ1v) is 8.69. The van der Waals surface area contributed by atoms with Crippen molar-refractivity contribution < 1.29 is 18.9 Å². The van der Waals surface area contributed by atoms with Gasteiger partial charge in [-0.05, 0) is 43.5 Å². The topological polar surface area (TPSA) is 49.0 Å². The van der Waals surface area contributed by atoms with Crippen LogP contribution in [-0.4, -0.2) is 20.5 Å². The Morgan fingerprint density at radius 1 is 1.08 bits per heavy atom. The summed E-state index contributed by atoms with van der Waals surface area (Å²) in [6, 6.07) is 12.3. The summed E-state index contributed by atoms with van der Waals surface area (Å²) >= 11 is 0. The molecule has 1 aliphatic heterocycles. The van der Waals surface area contributed by atoms with Crippen LogP contribution in [-0.2, 0) is 12.1 Å². The molecular formula is C20H23NO4. The maximum atomic E-state index is 5.79. The van der Waals surface area contributed by atoms with E-state index in [1.54, 1.807) is 7.11 Å². The molecule has 1 aliphatic carbocycles. The SMILES string of the molecule is CCOc1cc2c(cc1CNC1(c3ccc(OC)cc3)CC1)OCO2. The summed E-state index contributed by atoms with van der Waals surface area (Å²) in [5.74, 6) is 3.27. The van der Waals surface area contributed by atoms with Crippen LogP contribution in [0.25, 0.3) is 0 Å². The van der Waals surface area contributed by atoms with Crippen molar-refractivity contribution in [3.63, 3.8) is 0 Å². The van der Waals surface area contributed by atoms with E-state index in [2.05, 4.69) is 17.4 Å². The number of hydrogen-bond acceptors (Lipinski definition) is 5. The fraction of sp³-hybridized carbons (Fsp3) is 0.400. The molecule has 0 radical (unpaired) electrons. The summed E-state index contributed by atoms with van der Waals surface area (Å²) in [6.07, 6.45) is 2.27. The molecule has 132 valence electrons. The van der Waals surface area contributed by atoms with Crippen molar-refractivity contribution in [3.8, 4) is 23.0 Å². The van der Waals surface area contributed by atoms with Gasteiger partial charge in [-0.3, -0.25) is 0 Å². The summed E-state index contributed by atoms with van der Waals surface area (Å²) in [5.41, 5.74) is 2.43. The zero-order valence-electron chi connectivity index (χ0n) is 14.6. The fourth-order valence-electron chi connectivity index (χ4n) is 3.26. The molecule has 0 bridgehead atoms.